The molecule has 5 heteroatoms. The standard InChI is InChI=1S/C17H27N5/c1-3-12(4-2)15-11-16-20-14-8-6-5-7-13(14)17(19-10-9-18)22(16)21-15/h11-12,19H,3-10,18H2,1-2H3. The van der Waals surface area contributed by atoms with Crippen LogP contribution in [0, 0.1) is 0 Å². The molecule has 0 radical (unpaired) electrons. The summed E-state index contributed by atoms with van der Waals surface area (Å²) in [5.74, 6) is 1.63. The first-order valence-electron chi connectivity index (χ1n) is 8.63. The number of nitrogens with zero attached hydrogens (tertiary/aromatic N) is 3. The van der Waals surface area contributed by atoms with Gasteiger partial charge in [-0.15, -0.1) is 0 Å². The van der Waals surface area contributed by atoms with Crippen LogP contribution in [0.5, 0.6) is 0 Å². The number of nitrogens with two attached hydrogens (primary N) is 1. The number of hydrogen-bond acceptors (Lipinski definition) is 4. The van der Waals surface area contributed by atoms with Crippen molar-refractivity contribution in [3.63, 3.8) is 0 Å². The van der Waals surface area contributed by atoms with E-state index >= 15 is 0 Å². The van der Waals surface area contributed by atoms with Crippen LogP contribution in [0.1, 0.15) is 62.4 Å². The van der Waals surface area contributed by atoms with Gasteiger partial charge in [-0.1, -0.05) is 13.8 Å². The second-order valence-electron chi connectivity index (χ2n) is 6.16. The van der Waals surface area contributed by atoms with Gasteiger partial charge in [0, 0.05) is 36.3 Å². The van der Waals surface area contributed by atoms with Gasteiger partial charge in [0.1, 0.15) is 5.82 Å². The lowest BCUT2D eigenvalue weighted by atomic mass is 9.96. The van der Waals surface area contributed by atoms with Crippen molar-refractivity contribution in [1.29, 1.82) is 0 Å². The van der Waals surface area contributed by atoms with Gasteiger partial charge in [-0.05, 0) is 38.5 Å². The molecular formula is C17H27N5. The topological polar surface area (TPSA) is 68.2 Å². The molecule has 1 aliphatic carbocycles. The Kier molecular flexibility index (Phi) is 4.62. The molecule has 0 saturated heterocycles. The predicted molar refractivity (Wildman–Crippen MR) is 90.5 cm³/mol. The average Bonchev–Trinajstić information content (AvgIpc) is 2.96. The van der Waals surface area contributed by atoms with E-state index in [2.05, 4.69) is 25.2 Å². The fraction of sp³-hybridized carbons (Fsp3) is 0.647. The summed E-state index contributed by atoms with van der Waals surface area (Å²) in [5.41, 5.74) is 10.4. The van der Waals surface area contributed by atoms with Crippen LogP contribution in [0.3, 0.4) is 0 Å². The summed E-state index contributed by atoms with van der Waals surface area (Å²) in [6.07, 6.45) is 6.87. The van der Waals surface area contributed by atoms with E-state index < -0.39 is 0 Å². The maximum atomic E-state index is 5.69. The molecule has 0 aromatic carbocycles. The van der Waals surface area contributed by atoms with Gasteiger partial charge in [-0.25, -0.2) is 4.98 Å². The third kappa shape index (κ3) is 2.70. The van der Waals surface area contributed by atoms with Gasteiger partial charge < -0.3 is 11.1 Å². The van der Waals surface area contributed by atoms with E-state index in [1.807, 2.05) is 4.52 Å². The Labute approximate surface area is 132 Å². The molecule has 22 heavy (non-hydrogen) atoms. The van der Waals surface area contributed by atoms with Gasteiger partial charge in [0.2, 0.25) is 0 Å². The Morgan fingerprint density at radius 2 is 2.05 bits per heavy atom. The number of aromatic nitrogens is 3. The molecule has 0 saturated carbocycles. The van der Waals surface area contributed by atoms with Crippen molar-refractivity contribution in [3.8, 4) is 0 Å². The summed E-state index contributed by atoms with van der Waals surface area (Å²) in [5, 5.41) is 8.36. The first kappa shape index (κ1) is 15.3. The summed E-state index contributed by atoms with van der Waals surface area (Å²) in [6.45, 7) is 5.85. The van der Waals surface area contributed by atoms with E-state index in [1.165, 1.54) is 24.1 Å². The number of rotatable bonds is 6. The van der Waals surface area contributed by atoms with Gasteiger partial charge in [0.05, 0.1) is 5.69 Å². The Bertz CT molecular complexity index is 642. The van der Waals surface area contributed by atoms with Crippen LogP contribution in [0.4, 0.5) is 5.82 Å². The van der Waals surface area contributed by atoms with Gasteiger partial charge in [-0.2, -0.15) is 9.61 Å². The monoisotopic (exact) mass is 301 g/mol. The third-order valence-corrected chi connectivity index (χ3v) is 4.74. The highest BCUT2D eigenvalue weighted by Gasteiger charge is 2.21. The van der Waals surface area contributed by atoms with Crippen molar-refractivity contribution in [1.82, 2.24) is 14.6 Å². The highest BCUT2D eigenvalue weighted by Crippen LogP contribution is 2.30. The molecule has 3 N–H and O–H groups in total. The number of aryl methyl sites for hydroxylation is 1. The molecular weight excluding hydrogens is 274 g/mol. The fourth-order valence-electron chi connectivity index (χ4n) is 3.45. The quantitative estimate of drug-likeness (QED) is 0.861. The molecule has 3 rings (SSSR count). The number of nitrogens with one attached hydrogen (secondary N) is 1. The second kappa shape index (κ2) is 6.65. The summed E-state index contributed by atoms with van der Waals surface area (Å²) in [7, 11) is 0. The van der Waals surface area contributed by atoms with Crippen LogP contribution in [0.15, 0.2) is 6.07 Å². The van der Waals surface area contributed by atoms with E-state index in [9.17, 15) is 0 Å². The van der Waals surface area contributed by atoms with Crippen molar-refractivity contribution in [2.75, 3.05) is 18.4 Å². The van der Waals surface area contributed by atoms with Crippen molar-refractivity contribution in [2.24, 2.45) is 5.73 Å². The lowest BCUT2D eigenvalue weighted by molar-refractivity contribution is 0.615. The molecule has 0 atom stereocenters. The minimum Gasteiger partial charge on any atom is -0.368 e. The van der Waals surface area contributed by atoms with E-state index in [1.54, 1.807) is 0 Å². The van der Waals surface area contributed by atoms with E-state index in [-0.39, 0.29) is 0 Å². The zero-order valence-corrected chi connectivity index (χ0v) is 13.7. The number of fused-ring (bicyclic) bond motifs is 2. The smallest absolute Gasteiger partial charge is 0.157 e. The summed E-state index contributed by atoms with van der Waals surface area (Å²) < 4.78 is 2.01. The summed E-state index contributed by atoms with van der Waals surface area (Å²) >= 11 is 0. The molecule has 0 aliphatic heterocycles. The van der Waals surface area contributed by atoms with Crippen molar-refractivity contribution >= 4 is 11.5 Å². The molecule has 2 heterocycles. The number of anilines is 1. The molecule has 0 unspecified atom stereocenters. The molecule has 2 aromatic heterocycles. The van der Waals surface area contributed by atoms with Crippen LogP contribution in [0.2, 0.25) is 0 Å². The Balaban J connectivity index is 2.12. The molecule has 0 fully saturated rings. The van der Waals surface area contributed by atoms with E-state index in [0.717, 1.165) is 49.4 Å². The molecule has 2 aromatic rings. The van der Waals surface area contributed by atoms with Gasteiger partial charge in [0.15, 0.2) is 5.65 Å². The average molecular weight is 301 g/mol. The molecule has 0 amide bonds. The Morgan fingerprint density at radius 1 is 1.27 bits per heavy atom. The summed E-state index contributed by atoms with van der Waals surface area (Å²) in [4.78, 5) is 4.89. The zero-order chi connectivity index (χ0) is 15.5. The molecule has 5 nitrogen and oxygen atoms in total. The molecule has 120 valence electrons. The van der Waals surface area contributed by atoms with Crippen LogP contribution >= 0.6 is 0 Å². The minimum absolute atomic E-state index is 0.515. The van der Waals surface area contributed by atoms with Crippen molar-refractivity contribution in [3.05, 3.63) is 23.0 Å². The maximum absolute atomic E-state index is 5.69. The fourth-order valence-corrected chi connectivity index (χ4v) is 3.45. The Hall–Kier alpha value is -1.62. The van der Waals surface area contributed by atoms with Crippen LogP contribution in [-0.4, -0.2) is 27.7 Å². The predicted octanol–water partition coefficient (Wildman–Crippen LogP) is 2.88. The maximum Gasteiger partial charge on any atom is 0.157 e. The molecule has 0 bridgehead atoms. The first-order valence-corrected chi connectivity index (χ1v) is 8.63. The lowest BCUT2D eigenvalue weighted by Gasteiger charge is -2.20. The van der Waals surface area contributed by atoms with E-state index in [4.69, 9.17) is 15.8 Å². The van der Waals surface area contributed by atoms with Gasteiger partial charge in [-0.3, -0.25) is 0 Å². The largest absolute Gasteiger partial charge is 0.368 e. The van der Waals surface area contributed by atoms with Crippen molar-refractivity contribution < 1.29 is 0 Å². The minimum atomic E-state index is 0.515. The van der Waals surface area contributed by atoms with Crippen LogP contribution in [-0.2, 0) is 12.8 Å². The number of hydrogen-bond donors (Lipinski definition) is 2. The van der Waals surface area contributed by atoms with E-state index in [0.29, 0.717) is 12.5 Å². The van der Waals surface area contributed by atoms with Crippen molar-refractivity contribution in [2.45, 2.75) is 58.3 Å². The second-order valence-corrected chi connectivity index (χ2v) is 6.16. The highest BCUT2D eigenvalue weighted by atomic mass is 15.3. The van der Waals surface area contributed by atoms with Gasteiger partial charge >= 0.3 is 0 Å². The van der Waals surface area contributed by atoms with Crippen LogP contribution < -0.4 is 11.1 Å². The van der Waals surface area contributed by atoms with Crippen LogP contribution in [0.25, 0.3) is 5.65 Å². The first-order chi connectivity index (χ1) is 10.8. The zero-order valence-electron chi connectivity index (χ0n) is 13.7. The lowest BCUT2D eigenvalue weighted by Crippen LogP contribution is -2.19. The third-order valence-electron chi connectivity index (χ3n) is 4.74. The molecule has 1 aliphatic rings. The molecule has 0 spiro atoms. The Morgan fingerprint density at radius 3 is 2.77 bits per heavy atom. The highest BCUT2D eigenvalue weighted by molar-refractivity contribution is 5.57. The normalized spacial score (nSPS) is 14.5. The SMILES string of the molecule is CCC(CC)c1cc2nc3c(c(NCCN)n2n1)CCCC3. The van der Waals surface area contributed by atoms with Gasteiger partial charge in [0.25, 0.3) is 0 Å². The summed E-state index contributed by atoms with van der Waals surface area (Å²) in [6, 6.07) is 2.17.